The Morgan fingerprint density at radius 2 is 2.06 bits per heavy atom. The smallest absolute Gasteiger partial charge is 0.127 e. The summed E-state index contributed by atoms with van der Waals surface area (Å²) in [5.74, 6) is 1.13. The van der Waals surface area contributed by atoms with E-state index in [9.17, 15) is 10.2 Å². The lowest BCUT2D eigenvalue weighted by atomic mass is 10.0. The predicted octanol–water partition coefficient (Wildman–Crippen LogP) is 1.17. The van der Waals surface area contributed by atoms with Gasteiger partial charge in [-0.2, -0.15) is 0 Å². The quantitative estimate of drug-likeness (QED) is 0.764. The van der Waals surface area contributed by atoms with Crippen molar-refractivity contribution in [3.63, 3.8) is 0 Å². The van der Waals surface area contributed by atoms with Crippen molar-refractivity contribution in [3.8, 4) is 0 Å². The molecule has 0 saturated carbocycles. The third kappa shape index (κ3) is 3.33. The molecule has 0 radical (unpaired) electrons. The Bertz CT molecular complexity index is 316. The lowest BCUT2D eigenvalue weighted by molar-refractivity contribution is 0.0168. The molecule has 2 atom stereocenters. The summed E-state index contributed by atoms with van der Waals surface area (Å²) in [6.07, 6.45) is 0.155. The summed E-state index contributed by atoms with van der Waals surface area (Å²) in [7, 11) is 3.78. The van der Waals surface area contributed by atoms with Crippen molar-refractivity contribution in [2.75, 3.05) is 24.9 Å². The van der Waals surface area contributed by atoms with Gasteiger partial charge < -0.3 is 15.1 Å². The number of nitrogens with zero attached hydrogens (tertiary/aromatic N) is 2. The lowest BCUT2D eigenvalue weighted by Crippen LogP contribution is -2.19. The molecule has 0 bridgehead atoms. The van der Waals surface area contributed by atoms with E-state index >= 15 is 0 Å². The SMILES string of the molecule is CN(C)c1ccc(C(O)C(O)CCCl)cn1. The molecule has 0 spiro atoms. The van der Waals surface area contributed by atoms with Gasteiger partial charge in [0.25, 0.3) is 0 Å². The van der Waals surface area contributed by atoms with Crippen molar-refractivity contribution < 1.29 is 10.2 Å². The first-order chi connectivity index (χ1) is 7.56. The van der Waals surface area contributed by atoms with Crippen LogP contribution in [0.5, 0.6) is 0 Å². The zero-order valence-corrected chi connectivity index (χ0v) is 10.2. The van der Waals surface area contributed by atoms with Crippen LogP contribution in [0.1, 0.15) is 18.1 Å². The Balaban J connectivity index is 2.73. The summed E-state index contributed by atoms with van der Waals surface area (Å²) in [6, 6.07) is 3.55. The first kappa shape index (κ1) is 13.2. The molecule has 0 aliphatic heterocycles. The van der Waals surface area contributed by atoms with Gasteiger partial charge in [0.1, 0.15) is 11.9 Å². The minimum Gasteiger partial charge on any atom is -0.390 e. The highest BCUT2D eigenvalue weighted by molar-refractivity contribution is 6.17. The highest BCUT2D eigenvalue weighted by Crippen LogP contribution is 2.20. The van der Waals surface area contributed by atoms with Gasteiger partial charge in [-0.05, 0) is 12.5 Å². The molecule has 2 N–H and O–H groups in total. The van der Waals surface area contributed by atoms with Gasteiger partial charge in [-0.3, -0.25) is 0 Å². The maximum atomic E-state index is 9.79. The van der Waals surface area contributed by atoms with Crippen molar-refractivity contribution in [1.29, 1.82) is 0 Å². The van der Waals surface area contributed by atoms with E-state index in [2.05, 4.69) is 4.98 Å². The lowest BCUT2D eigenvalue weighted by Gasteiger charge is -2.18. The number of hydrogen-bond acceptors (Lipinski definition) is 4. The molecular formula is C11H17ClN2O2. The number of pyridine rings is 1. The molecule has 0 aliphatic rings. The topological polar surface area (TPSA) is 56.6 Å². The summed E-state index contributed by atoms with van der Waals surface area (Å²) in [5, 5.41) is 19.4. The molecule has 2 unspecified atom stereocenters. The van der Waals surface area contributed by atoms with Gasteiger partial charge in [-0.15, -0.1) is 11.6 Å². The van der Waals surface area contributed by atoms with Crippen LogP contribution in [-0.2, 0) is 0 Å². The van der Waals surface area contributed by atoms with E-state index in [1.54, 1.807) is 18.3 Å². The number of alkyl halides is 1. The zero-order valence-electron chi connectivity index (χ0n) is 9.47. The number of aliphatic hydroxyl groups excluding tert-OH is 2. The molecule has 0 aromatic carbocycles. The van der Waals surface area contributed by atoms with Crippen LogP contribution in [0, 0.1) is 0 Å². The number of anilines is 1. The number of aromatic nitrogens is 1. The maximum Gasteiger partial charge on any atom is 0.127 e. The number of aliphatic hydroxyl groups is 2. The van der Waals surface area contributed by atoms with Crippen molar-refractivity contribution >= 4 is 17.4 Å². The van der Waals surface area contributed by atoms with Gasteiger partial charge in [0, 0.05) is 31.7 Å². The molecule has 0 aliphatic carbocycles. The van der Waals surface area contributed by atoms with E-state index in [1.165, 1.54) is 0 Å². The van der Waals surface area contributed by atoms with E-state index in [4.69, 9.17) is 11.6 Å². The van der Waals surface area contributed by atoms with Crippen LogP contribution in [0.3, 0.4) is 0 Å². The minimum absolute atomic E-state index is 0.321. The Kier molecular flexibility index (Phi) is 4.99. The normalized spacial score (nSPS) is 14.6. The van der Waals surface area contributed by atoms with Crippen LogP contribution < -0.4 is 4.90 Å². The first-order valence-corrected chi connectivity index (χ1v) is 5.65. The maximum absolute atomic E-state index is 9.79. The molecule has 16 heavy (non-hydrogen) atoms. The highest BCUT2D eigenvalue weighted by Gasteiger charge is 2.17. The summed E-state index contributed by atoms with van der Waals surface area (Å²) in [4.78, 5) is 6.03. The molecule has 1 aromatic heterocycles. The summed E-state index contributed by atoms with van der Waals surface area (Å²) < 4.78 is 0. The third-order valence-electron chi connectivity index (χ3n) is 2.34. The molecule has 0 fully saturated rings. The second kappa shape index (κ2) is 6.03. The van der Waals surface area contributed by atoms with E-state index in [0.29, 0.717) is 17.9 Å². The second-order valence-electron chi connectivity index (χ2n) is 3.83. The number of hydrogen-bond donors (Lipinski definition) is 2. The van der Waals surface area contributed by atoms with Crippen LogP contribution in [-0.4, -0.2) is 41.3 Å². The van der Waals surface area contributed by atoms with Gasteiger partial charge in [0.05, 0.1) is 6.10 Å². The Morgan fingerprint density at radius 1 is 1.38 bits per heavy atom. The first-order valence-electron chi connectivity index (χ1n) is 5.11. The van der Waals surface area contributed by atoms with E-state index < -0.39 is 12.2 Å². The summed E-state index contributed by atoms with van der Waals surface area (Å²) in [6.45, 7) is 0. The zero-order chi connectivity index (χ0) is 12.1. The van der Waals surface area contributed by atoms with Gasteiger partial charge in [-0.25, -0.2) is 4.98 Å². The third-order valence-corrected chi connectivity index (χ3v) is 2.56. The monoisotopic (exact) mass is 244 g/mol. The fraction of sp³-hybridized carbons (Fsp3) is 0.545. The molecule has 4 nitrogen and oxygen atoms in total. The van der Waals surface area contributed by atoms with Crippen molar-refractivity contribution in [1.82, 2.24) is 4.98 Å². The van der Waals surface area contributed by atoms with Crippen LogP contribution >= 0.6 is 11.6 Å². The summed E-state index contributed by atoms with van der Waals surface area (Å²) >= 11 is 5.50. The largest absolute Gasteiger partial charge is 0.390 e. The van der Waals surface area contributed by atoms with Gasteiger partial charge in [0.15, 0.2) is 0 Å². The van der Waals surface area contributed by atoms with E-state index in [1.807, 2.05) is 19.0 Å². The minimum atomic E-state index is -0.928. The van der Waals surface area contributed by atoms with Crippen LogP contribution in [0.4, 0.5) is 5.82 Å². The molecule has 0 amide bonds. The standard InChI is InChI=1S/C11H17ClN2O2/c1-14(2)10-4-3-8(7-13-10)11(16)9(15)5-6-12/h3-4,7,9,11,15-16H,5-6H2,1-2H3. The molecule has 90 valence electrons. The Morgan fingerprint density at radius 3 is 2.50 bits per heavy atom. The van der Waals surface area contributed by atoms with Crippen molar-refractivity contribution in [2.24, 2.45) is 0 Å². The van der Waals surface area contributed by atoms with Gasteiger partial charge in [-0.1, -0.05) is 6.07 Å². The molecule has 5 heteroatoms. The van der Waals surface area contributed by atoms with Crippen LogP contribution in [0.15, 0.2) is 18.3 Å². The predicted molar refractivity (Wildman–Crippen MR) is 64.9 cm³/mol. The van der Waals surface area contributed by atoms with Gasteiger partial charge >= 0.3 is 0 Å². The van der Waals surface area contributed by atoms with E-state index in [0.717, 1.165) is 5.82 Å². The fourth-order valence-corrected chi connectivity index (χ4v) is 1.55. The van der Waals surface area contributed by atoms with Crippen LogP contribution in [0.25, 0.3) is 0 Å². The van der Waals surface area contributed by atoms with Gasteiger partial charge in [0.2, 0.25) is 0 Å². The molecule has 0 saturated heterocycles. The molecule has 1 aromatic rings. The molecule has 1 heterocycles. The van der Waals surface area contributed by atoms with Crippen molar-refractivity contribution in [2.45, 2.75) is 18.6 Å². The Labute approximate surface area is 100 Å². The Hall–Kier alpha value is -0.840. The van der Waals surface area contributed by atoms with E-state index in [-0.39, 0.29) is 0 Å². The highest BCUT2D eigenvalue weighted by atomic mass is 35.5. The van der Waals surface area contributed by atoms with Crippen molar-refractivity contribution in [3.05, 3.63) is 23.9 Å². The molecule has 1 rings (SSSR count). The molecular weight excluding hydrogens is 228 g/mol. The number of rotatable bonds is 5. The van der Waals surface area contributed by atoms with Crippen LogP contribution in [0.2, 0.25) is 0 Å². The number of halogens is 1. The average Bonchev–Trinajstić information content (AvgIpc) is 2.28. The second-order valence-corrected chi connectivity index (χ2v) is 4.21. The fourth-order valence-electron chi connectivity index (χ4n) is 1.33. The average molecular weight is 245 g/mol. The summed E-state index contributed by atoms with van der Waals surface area (Å²) in [5.41, 5.74) is 0.600.